The molecule has 3 aromatic rings. The van der Waals surface area contributed by atoms with E-state index < -0.39 is 11.7 Å². The molecule has 0 aliphatic rings. The van der Waals surface area contributed by atoms with Crippen LogP contribution in [0.1, 0.15) is 10.5 Å². The average molecular weight is 347 g/mol. The molecule has 7 heteroatoms. The van der Waals surface area contributed by atoms with E-state index in [0.29, 0.717) is 22.8 Å². The number of nitrogens with one attached hydrogen (secondary N) is 1. The highest BCUT2D eigenvalue weighted by Gasteiger charge is 2.16. The third kappa shape index (κ3) is 3.23. The summed E-state index contributed by atoms with van der Waals surface area (Å²) in [6, 6.07) is 12.6. The van der Waals surface area contributed by atoms with E-state index in [1.807, 2.05) is 12.1 Å². The highest BCUT2D eigenvalue weighted by atomic mass is 35.5. The zero-order chi connectivity index (χ0) is 17.1. The maximum atomic E-state index is 13.1. The maximum absolute atomic E-state index is 13.1. The van der Waals surface area contributed by atoms with Gasteiger partial charge in [0.05, 0.1) is 17.7 Å². The van der Waals surface area contributed by atoms with Crippen LogP contribution in [-0.4, -0.2) is 18.2 Å². The van der Waals surface area contributed by atoms with Gasteiger partial charge in [-0.25, -0.2) is 4.39 Å². The van der Waals surface area contributed by atoms with Crippen LogP contribution in [0.5, 0.6) is 5.75 Å². The second-order valence-electron chi connectivity index (χ2n) is 4.86. The van der Waals surface area contributed by atoms with E-state index in [4.69, 9.17) is 20.9 Å². The minimum Gasteiger partial charge on any atom is -0.496 e. The van der Waals surface area contributed by atoms with E-state index in [1.165, 1.54) is 24.3 Å². The fraction of sp³-hybridized carbons (Fsp3) is 0.0588. The summed E-state index contributed by atoms with van der Waals surface area (Å²) in [7, 11) is 1.54. The van der Waals surface area contributed by atoms with Crippen LogP contribution in [0.25, 0.3) is 11.3 Å². The normalized spacial score (nSPS) is 10.5. The third-order valence-corrected chi connectivity index (χ3v) is 3.58. The lowest BCUT2D eigenvalue weighted by molar-refractivity contribution is 0.101. The standard InChI is InChI=1S/C17H12ClFN2O3/c1-23-15-5-3-2-4-11(15)16-9-14(21-24-16)17(22)20-10-6-7-13(19)12(18)8-10/h2-9H,1H3,(H,20,22). The molecule has 0 spiro atoms. The molecule has 0 aliphatic carbocycles. The van der Waals surface area contributed by atoms with E-state index in [9.17, 15) is 9.18 Å². The first-order valence-electron chi connectivity index (χ1n) is 6.95. The molecule has 0 atom stereocenters. The molecule has 0 aliphatic heterocycles. The van der Waals surface area contributed by atoms with Crippen molar-refractivity contribution in [1.82, 2.24) is 5.16 Å². The largest absolute Gasteiger partial charge is 0.496 e. The molecule has 0 fully saturated rings. The first-order valence-corrected chi connectivity index (χ1v) is 7.33. The van der Waals surface area contributed by atoms with Crippen LogP contribution in [0.15, 0.2) is 53.1 Å². The Morgan fingerprint density at radius 1 is 1.25 bits per heavy atom. The Balaban J connectivity index is 1.82. The van der Waals surface area contributed by atoms with Gasteiger partial charge in [-0.3, -0.25) is 4.79 Å². The molecule has 0 saturated carbocycles. The Bertz CT molecular complexity index is 895. The van der Waals surface area contributed by atoms with Gasteiger partial charge in [-0.2, -0.15) is 0 Å². The molecule has 0 unspecified atom stereocenters. The number of carbonyl (C=O) groups is 1. The average Bonchev–Trinajstić information content (AvgIpc) is 3.08. The van der Waals surface area contributed by atoms with Crippen molar-refractivity contribution in [3.8, 4) is 17.1 Å². The molecule has 122 valence electrons. The number of anilines is 1. The van der Waals surface area contributed by atoms with Crippen molar-refractivity contribution in [3.05, 3.63) is 65.1 Å². The maximum Gasteiger partial charge on any atom is 0.277 e. The highest BCUT2D eigenvalue weighted by molar-refractivity contribution is 6.31. The zero-order valence-electron chi connectivity index (χ0n) is 12.5. The number of halogens is 2. The van der Waals surface area contributed by atoms with Gasteiger partial charge in [-0.05, 0) is 30.3 Å². The van der Waals surface area contributed by atoms with Crippen LogP contribution in [-0.2, 0) is 0 Å². The third-order valence-electron chi connectivity index (χ3n) is 3.29. The molecule has 1 heterocycles. The van der Waals surface area contributed by atoms with Crippen molar-refractivity contribution in [3.63, 3.8) is 0 Å². The molecule has 2 aromatic carbocycles. The number of amides is 1. The quantitative estimate of drug-likeness (QED) is 0.760. The molecule has 1 aromatic heterocycles. The second kappa shape index (κ2) is 6.72. The van der Waals surface area contributed by atoms with Gasteiger partial charge in [0, 0.05) is 11.8 Å². The van der Waals surface area contributed by atoms with E-state index in [1.54, 1.807) is 19.2 Å². The molecule has 1 N–H and O–H groups in total. The van der Waals surface area contributed by atoms with Gasteiger partial charge in [0.1, 0.15) is 11.6 Å². The predicted molar refractivity (Wildman–Crippen MR) is 87.9 cm³/mol. The van der Waals surface area contributed by atoms with Crippen LogP contribution in [0.4, 0.5) is 10.1 Å². The Labute approximate surface area is 142 Å². The van der Waals surface area contributed by atoms with Gasteiger partial charge < -0.3 is 14.6 Å². The first-order chi connectivity index (χ1) is 11.6. The highest BCUT2D eigenvalue weighted by Crippen LogP contribution is 2.30. The fourth-order valence-corrected chi connectivity index (χ4v) is 2.31. The number of rotatable bonds is 4. The molecule has 0 saturated heterocycles. The van der Waals surface area contributed by atoms with Gasteiger partial charge in [-0.1, -0.05) is 28.9 Å². The number of nitrogens with zero attached hydrogens (tertiary/aromatic N) is 1. The fourth-order valence-electron chi connectivity index (χ4n) is 2.13. The number of methoxy groups -OCH3 is 1. The van der Waals surface area contributed by atoms with Crippen LogP contribution < -0.4 is 10.1 Å². The minimum absolute atomic E-state index is 0.0800. The summed E-state index contributed by atoms with van der Waals surface area (Å²) in [5.41, 5.74) is 1.11. The van der Waals surface area contributed by atoms with Crippen molar-refractivity contribution in [2.75, 3.05) is 12.4 Å². The predicted octanol–water partition coefficient (Wildman–Crippen LogP) is 4.40. The van der Waals surface area contributed by atoms with Gasteiger partial charge in [0.2, 0.25) is 0 Å². The number of hydrogen-bond donors (Lipinski definition) is 1. The summed E-state index contributed by atoms with van der Waals surface area (Å²) in [5, 5.41) is 6.25. The van der Waals surface area contributed by atoms with Gasteiger partial charge in [0.15, 0.2) is 11.5 Å². The Morgan fingerprint density at radius 2 is 2.04 bits per heavy atom. The number of ether oxygens (including phenoxy) is 1. The molecule has 0 radical (unpaired) electrons. The number of hydrogen-bond acceptors (Lipinski definition) is 4. The van der Waals surface area contributed by atoms with E-state index in [0.717, 1.165) is 0 Å². The van der Waals surface area contributed by atoms with Crippen molar-refractivity contribution in [2.45, 2.75) is 0 Å². The molecule has 3 rings (SSSR count). The smallest absolute Gasteiger partial charge is 0.277 e. The number of para-hydroxylation sites is 1. The monoisotopic (exact) mass is 346 g/mol. The van der Waals surface area contributed by atoms with Crippen LogP contribution >= 0.6 is 11.6 Å². The summed E-state index contributed by atoms with van der Waals surface area (Å²) in [4.78, 5) is 12.2. The topological polar surface area (TPSA) is 64.4 Å². The Hall–Kier alpha value is -2.86. The number of benzene rings is 2. The van der Waals surface area contributed by atoms with Crippen LogP contribution in [0.2, 0.25) is 5.02 Å². The molecule has 0 bridgehead atoms. The van der Waals surface area contributed by atoms with Gasteiger partial charge in [0.25, 0.3) is 5.91 Å². The van der Waals surface area contributed by atoms with Crippen LogP contribution in [0.3, 0.4) is 0 Å². The van der Waals surface area contributed by atoms with Crippen LogP contribution in [0, 0.1) is 5.82 Å². The summed E-state index contributed by atoms with van der Waals surface area (Å²) < 4.78 is 23.6. The molecule has 5 nitrogen and oxygen atoms in total. The van der Waals surface area contributed by atoms with Gasteiger partial charge >= 0.3 is 0 Å². The van der Waals surface area contributed by atoms with Crippen molar-refractivity contribution in [1.29, 1.82) is 0 Å². The number of carbonyl (C=O) groups excluding carboxylic acids is 1. The van der Waals surface area contributed by atoms with Crippen molar-refractivity contribution < 1.29 is 18.4 Å². The molecule has 24 heavy (non-hydrogen) atoms. The Morgan fingerprint density at radius 3 is 2.79 bits per heavy atom. The van der Waals surface area contributed by atoms with E-state index in [2.05, 4.69) is 10.5 Å². The van der Waals surface area contributed by atoms with Crippen molar-refractivity contribution >= 4 is 23.2 Å². The SMILES string of the molecule is COc1ccccc1-c1cc(C(=O)Nc2ccc(F)c(Cl)c2)no1. The molecule has 1 amide bonds. The van der Waals surface area contributed by atoms with Gasteiger partial charge in [-0.15, -0.1) is 0 Å². The zero-order valence-corrected chi connectivity index (χ0v) is 13.3. The summed E-state index contributed by atoms with van der Waals surface area (Å²) in [6.45, 7) is 0. The lowest BCUT2D eigenvalue weighted by Crippen LogP contribution is -2.12. The minimum atomic E-state index is -0.561. The summed E-state index contributed by atoms with van der Waals surface area (Å²) in [5.74, 6) is -0.0576. The second-order valence-corrected chi connectivity index (χ2v) is 5.27. The van der Waals surface area contributed by atoms with Crippen molar-refractivity contribution in [2.24, 2.45) is 0 Å². The molecular weight excluding hydrogens is 335 g/mol. The lowest BCUT2D eigenvalue weighted by atomic mass is 10.1. The summed E-state index contributed by atoms with van der Waals surface area (Å²) in [6.07, 6.45) is 0. The molecular formula is C17H12ClFN2O3. The van der Waals surface area contributed by atoms with E-state index in [-0.39, 0.29) is 10.7 Å². The van der Waals surface area contributed by atoms with E-state index >= 15 is 0 Å². The number of aromatic nitrogens is 1. The lowest BCUT2D eigenvalue weighted by Gasteiger charge is -2.04. The first kappa shape index (κ1) is 16.0. The Kier molecular flexibility index (Phi) is 4.48. The summed E-state index contributed by atoms with van der Waals surface area (Å²) >= 11 is 5.69.